The first-order valence-corrected chi connectivity index (χ1v) is 18.6. The standard InChI is InChI=1S/C36H32ClF9N8O2S/c1-17-4-5-21(22-6-7-24(37)28-30(22)53(16-35(41,42)43)51-33(28)54(57-3)27(56)14-47)29(48-17)25(12-18-10-19(38)13-20(39)11-18)49-26(55)15-52-32-23(8-9-34(32,2)40)31(50-52)36(44,45)46/h4-7,10-11,13,25H,8-9,12,14-16,47H2,1-3H3,(H,49,55). The third-order valence-corrected chi connectivity index (χ3v) is 10.3. The lowest BCUT2D eigenvalue weighted by atomic mass is 9.93. The summed E-state index contributed by atoms with van der Waals surface area (Å²) in [5.41, 5.74) is 1.34. The van der Waals surface area contributed by atoms with Gasteiger partial charge in [-0.1, -0.05) is 23.7 Å². The lowest BCUT2D eigenvalue weighted by Crippen LogP contribution is -2.35. The van der Waals surface area contributed by atoms with Crippen molar-refractivity contribution in [3.8, 4) is 11.1 Å². The highest BCUT2D eigenvalue weighted by molar-refractivity contribution is 8.00. The third kappa shape index (κ3) is 8.57. The average molecular weight is 847 g/mol. The van der Waals surface area contributed by atoms with E-state index in [9.17, 15) is 44.7 Å². The Bertz CT molecular complexity index is 2360. The second-order valence-electron chi connectivity index (χ2n) is 13.5. The normalized spacial score (nSPS) is 16.2. The van der Waals surface area contributed by atoms with Crippen LogP contribution < -0.4 is 15.4 Å². The number of nitrogens with zero attached hydrogens (tertiary/aromatic N) is 6. The molecule has 2 amide bonds. The van der Waals surface area contributed by atoms with Gasteiger partial charge in [-0.3, -0.25) is 23.9 Å². The van der Waals surface area contributed by atoms with Gasteiger partial charge in [0.25, 0.3) is 5.91 Å². The van der Waals surface area contributed by atoms with Gasteiger partial charge in [0.2, 0.25) is 5.91 Å². The number of nitrogens with one attached hydrogen (secondary N) is 1. The number of alkyl halides is 7. The molecular formula is C36H32ClF9N8O2S. The van der Waals surface area contributed by atoms with E-state index in [-0.39, 0.29) is 62.5 Å². The van der Waals surface area contributed by atoms with Gasteiger partial charge in [0.05, 0.1) is 39.9 Å². The monoisotopic (exact) mass is 846 g/mol. The molecule has 2 atom stereocenters. The summed E-state index contributed by atoms with van der Waals surface area (Å²) < 4.78 is 131. The molecule has 6 rings (SSSR count). The molecule has 2 unspecified atom stereocenters. The molecule has 3 aromatic heterocycles. The van der Waals surface area contributed by atoms with Gasteiger partial charge in [0.15, 0.2) is 11.5 Å². The number of benzene rings is 2. The lowest BCUT2D eigenvalue weighted by Gasteiger charge is -2.23. The molecule has 0 spiro atoms. The zero-order valence-corrected chi connectivity index (χ0v) is 31.7. The quantitative estimate of drug-likeness (QED) is 0.102. The number of aromatic nitrogens is 5. The van der Waals surface area contributed by atoms with Crippen molar-refractivity contribution in [3.05, 3.63) is 93.0 Å². The molecule has 0 saturated carbocycles. The van der Waals surface area contributed by atoms with Crippen LogP contribution in [0.5, 0.6) is 0 Å². The van der Waals surface area contributed by atoms with E-state index in [2.05, 4.69) is 20.5 Å². The van der Waals surface area contributed by atoms with Crippen LogP contribution in [-0.2, 0) is 47.4 Å². The van der Waals surface area contributed by atoms with Crippen molar-refractivity contribution < 1.29 is 49.1 Å². The fourth-order valence-corrected chi connectivity index (χ4v) is 7.88. The predicted molar refractivity (Wildman–Crippen MR) is 194 cm³/mol. The minimum Gasteiger partial charge on any atom is -0.346 e. The summed E-state index contributed by atoms with van der Waals surface area (Å²) in [5.74, 6) is -3.92. The summed E-state index contributed by atoms with van der Waals surface area (Å²) in [5, 5.41) is 10.2. The van der Waals surface area contributed by atoms with E-state index in [1.807, 2.05) is 0 Å². The molecule has 1 aliphatic carbocycles. The van der Waals surface area contributed by atoms with Gasteiger partial charge in [0, 0.05) is 34.7 Å². The summed E-state index contributed by atoms with van der Waals surface area (Å²) in [6.07, 6.45) is -9.28. The first-order chi connectivity index (χ1) is 26.6. The molecule has 0 aliphatic heterocycles. The van der Waals surface area contributed by atoms with Crippen LogP contribution in [0.2, 0.25) is 5.02 Å². The molecule has 57 heavy (non-hydrogen) atoms. The minimum absolute atomic E-state index is 0.00992. The summed E-state index contributed by atoms with van der Waals surface area (Å²) in [7, 11) is 0. The van der Waals surface area contributed by atoms with Crippen molar-refractivity contribution in [3.63, 3.8) is 0 Å². The molecule has 0 saturated heterocycles. The number of nitrogens with two attached hydrogens (primary N) is 1. The summed E-state index contributed by atoms with van der Waals surface area (Å²) >= 11 is 7.41. The lowest BCUT2D eigenvalue weighted by molar-refractivity contribution is -0.142. The molecule has 3 heterocycles. The molecule has 0 bridgehead atoms. The van der Waals surface area contributed by atoms with Gasteiger partial charge >= 0.3 is 12.4 Å². The number of amides is 2. The van der Waals surface area contributed by atoms with Crippen LogP contribution in [0, 0.1) is 18.6 Å². The van der Waals surface area contributed by atoms with Crippen molar-refractivity contribution in [2.45, 2.75) is 70.3 Å². The molecule has 2 aromatic carbocycles. The van der Waals surface area contributed by atoms with E-state index < -0.39 is 85.0 Å². The number of hydrogen-bond donors (Lipinski definition) is 2. The zero-order chi connectivity index (χ0) is 41.8. The van der Waals surface area contributed by atoms with Crippen LogP contribution in [0.4, 0.5) is 45.3 Å². The maximum Gasteiger partial charge on any atom is 0.435 e. The Labute approximate surface area is 327 Å². The van der Waals surface area contributed by atoms with E-state index in [0.717, 1.165) is 35.3 Å². The average Bonchev–Trinajstić information content (AvgIpc) is 3.76. The summed E-state index contributed by atoms with van der Waals surface area (Å²) in [4.78, 5) is 31.2. The Hall–Kier alpha value is -4.82. The molecule has 1 aliphatic rings. The number of rotatable bonds is 11. The Kier molecular flexibility index (Phi) is 11.4. The molecule has 3 N–H and O–H groups in total. The summed E-state index contributed by atoms with van der Waals surface area (Å²) in [6, 6.07) is 6.86. The number of hydrogen-bond acceptors (Lipinski definition) is 7. The number of carbonyl (C=O) groups excluding carboxylic acids is 2. The first kappa shape index (κ1) is 41.8. The molecule has 0 fully saturated rings. The van der Waals surface area contributed by atoms with Gasteiger partial charge in [-0.25, -0.2) is 17.5 Å². The fraction of sp³-hybridized carbons (Fsp3) is 0.361. The van der Waals surface area contributed by atoms with E-state index in [1.165, 1.54) is 30.5 Å². The second kappa shape index (κ2) is 15.5. The molecule has 10 nitrogen and oxygen atoms in total. The highest BCUT2D eigenvalue weighted by atomic mass is 35.5. The fourth-order valence-electron chi connectivity index (χ4n) is 7.06. The van der Waals surface area contributed by atoms with E-state index in [1.54, 1.807) is 6.92 Å². The SMILES string of the molecule is CSN(C(=O)CN)c1nn(CC(F)(F)F)c2c(-c3ccc(C)nc3C(Cc3cc(F)cc(F)c3)NC(=O)Cn3nc(C(F)(F)F)c4c3C(C)(F)CC4)ccc(Cl)c12. The van der Waals surface area contributed by atoms with E-state index in [4.69, 9.17) is 17.3 Å². The Morgan fingerprint density at radius 3 is 2.32 bits per heavy atom. The second-order valence-corrected chi connectivity index (χ2v) is 14.6. The first-order valence-electron chi connectivity index (χ1n) is 17.0. The van der Waals surface area contributed by atoms with Gasteiger partial charge in [0.1, 0.15) is 30.4 Å². The highest BCUT2D eigenvalue weighted by Crippen LogP contribution is 2.46. The van der Waals surface area contributed by atoms with Crippen LogP contribution in [0.25, 0.3) is 22.0 Å². The van der Waals surface area contributed by atoms with Crippen LogP contribution in [0.15, 0.2) is 42.5 Å². The topological polar surface area (TPSA) is 124 Å². The molecule has 304 valence electrons. The molecule has 0 radical (unpaired) electrons. The third-order valence-electron chi connectivity index (χ3n) is 9.26. The summed E-state index contributed by atoms with van der Waals surface area (Å²) in [6.45, 7) is -0.455. The van der Waals surface area contributed by atoms with Crippen LogP contribution in [0.1, 0.15) is 53.3 Å². The minimum atomic E-state index is -4.95. The maximum absolute atomic E-state index is 15.6. The van der Waals surface area contributed by atoms with Crippen LogP contribution in [-0.4, -0.2) is 55.3 Å². The largest absolute Gasteiger partial charge is 0.435 e. The van der Waals surface area contributed by atoms with Gasteiger partial charge in [-0.15, -0.1) is 0 Å². The van der Waals surface area contributed by atoms with Crippen molar-refractivity contribution in [2.24, 2.45) is 5.73 Å². The number of anilines is 1. The van der Waals surface area contributed by atoms with Gasteiger partial charge in [-0.2, -0.15) is 36.5 Å². The Morgan fingerprint density at radius 1 is 1.04 bits per heavy atom. The number of pyridine rings is 1. The number of fused-ring (bicyclic) bond motifs is 2. The maximum atomic E-state index is 15.6. The van der Waals surface area contributed by atoms with Crippen LogP contribution >= 0.6 is 23.5 Å². The Balaban J connectivity index is 1.53. The van der Waals surface area contributed by atoms with Crippen molar-refractivity contribution >= 4 is 52.1 Å². The Morgan fingerprint density at radius 2 is 1.70 bits per heavy atom. The molecular weight excluding hydrogens is 815 g/mol. The number of halogens is 10. The molecule has 5 aromatic rings. The number of carbonyl (C=O) groups is 2. The van der Waals surface area contributed by atoms with Gasteiger partial charge in [-0.05, 0) is 74.9 Å². The smallest absolute Gasteiger partial charge is 0.346 e. The zero-order valence-electron chi connectivity index (χ0n) is 30.1. The van der Waals surface area contributed by atoms with Crippen molar-refractivity contribution in [2.75, 3.05) is 17.1 Å². The number of aryl methyl sites for hydroxylation is 1. The van der Waals surface area contributed by atoms with Gasteiger partial charge < -0.3 is 11.1 Å². The highest BCUT2D eigenvalue weighted by Gasteiger charge is 2.47. The predicted octanol–water partition coefficient (Wildman–Crippen LogP) is 7.92. The van der Waals surface area contributed by atoms with E-state index >= 15 is 4.39 Å². The van der Waals surface area contributed by atoms with Crippen LogP contribution in [0.3, 0.4) is 0 Å². The van der Waals surface area contributed by atoms with Crippen molar-refractivity contribution in [1.29, 1.82) is 0 Å². The molecule has 21 heteroatoms. The van der Waals surface area contributed by atoms with Crippen molar-refractivity contribution in [1.82, 2.24) is 29.9 Å². The van der Waals surface area contributed by atoms with E-state index in [0.29, 0.717) is 21.1 Å².